The fourth-order valence-electron chi connectivity index (χ4n) is 2.68. The number of esters is 1. The predicted molar refractivity (Wildman–Crippen MR) is 109 cm³/mol. The highest BCUT2D eigenvalue weighted by Gasteiger charge is 2.19. The quantitative estimate of drug-likeness (QED) is 0.472. The van der Waals surface area contributed by atoms with Gasteiger partial charge < -0.3 is 4.74 Å². The van der Waals surface area contributed by atoms with Gasteiger partial charge in [-0.15, -0.1) is 0 Å². The first-order chi connectivity index (χ1) is 13.7. The number of ether oxygens (including phenoxy) is 1. The Bertz CT molecular complexity index is 955. The lowest BCUT2D eigenvalue weighted by atomic mass is 10.0. The average Bonchev–Trinajstić information content (AvgIpc) is 2.77. The van der Waals surface area contributed by atoms with Crippen molar-refractivity contribution >= 4 is 11.8 Å². The van der Waals surface area contributed by atoms with Crippen LogP contribution in [0, 0.1) is 11.8 Å². The first-order valence-electron chi connectivity index (χ1n) is 9.13. The fourth-order valence-corrected chi connectivity index (χ4v) is 2.68. The summed E-state index contributed by atoms with van der Waals surface area (Å²) in [5, 5.41) is 0. The van der Waals surface area contributed by atoms with Gasteiger partial charge in [0.05, 0.1) is 5.56 Å². The molecule has 0 spiro atoms. The molecule has 0 bridgehead atoms. The lowest BCUT2D eigenvalue weighted by molar-refractivity contribution is -0.113. The molecule has 0 aliphatic carbocycles. The Morgan fingerprint density at radius 2 is 1.36 bits per heavy atom. The molecule has 0 unspecified atom stereocenters. The number of benzene rings is 3. The summed E-state index contributed by atoms with van der Waals surface area (Å²) in [5.74, 6) is 4.84. The standard InChI is InChI=1S/C25H20O3/c1-2-23(26)18-15-19-13-16-22(17-14-19)25(27)28-24(20-9-5-3-6-10-20)21-11-7-4-8-12-21/h3-14,16-17,24H,2H2,1H3. The van der Waals surface area contributed by atoms with Gasteiger partial charge in [0.25, 0.3) is 0 Å². The van der Waals surface area contributed by atoms with E-state index in [0.29, 0.717) is 17.5 Å². The zero-order valence-corrected chi connectivity index (χ0v) is 15.6. The molecule has 3 aromatic rings. The minimum Gasteiger partial charge on any atom is -0.449 e. The molecule has 138 valence electrons. The molecule has 0 atom stereocenters. The number of carbonyl (C=O) groups excluding carboxylic acids is 2. The Morgan fingerprint density at radius 1 is 0.821 bits per heavy atom. The lowest BCUT2D eigenvalue weighted by Gasteiger charge is -2.19. The van der Waals surface area contributed by atoms with Gasteiger partial charge in [0.15, 0.2) is 6.10 Å². The Kier molecular flexibility index (Phi) is 6.38. The van der Waals surface area contributed by atoms with Gasteiger partial charge in [-0.2, -0.15) is 0 Å². The lowest BCUT2D eigenvalue weighted by Crippen LogP contribution is -2.13. The Morgan fingerprint density at radius 3 is 1.86 bits per heavy atom. The Labute approximate surface area is 165 Å². The van der Waals surface area contributed by atoms with Gasteiger partial charge in [0.2, 0.25) is 5.78 Å². The maximum absolute atomic E-state index is 12.7. The second kappa shape index (κ2) is 9.34. The molecule has 0 aromatic heterocycles. The fraction of sp³-hybridized carbons (Fsp3) is 0.120. The number of Topliss-reactive ketones (excluding diaryl/α,β-unsaturated/α-hetero) is 1. The van der Waals surface area contributed by atoms with Gasteiger partial charge in [-0.05, 0) is 41.3 Å². The van der Waals surface area contributed by atoms with Crippen LogP contribution >= 0.6 is 0 Å². The van der Waals surface area contributed by atoms with Crippen molar-refractivity contribution in [3.63, 3.8) is 0 Å². The zero-order valence-electron chi connectivity index (χ0n) is 15.6. The third-order valence-electron chi connectivity index (χ3n) is 4.22. The van der Waals surface area contributed by atoms with Crippen molar-refractivity contribution in [2.75, 3.05) is 0 Å². The molecular weight excluding hydrogens is 348 g/mol. The van der Waals surface area contributed by atoms with Crippen molar-refractivity contribution in [1.29, 1.82) is 0 Å². The van der Waals surface area contributed by atoms with E-state index in [4.69, 9.17) is 4.74 Å². The van der Waals surface area contributed by atoms with Crippen LogP contribution in [0.1, 0.15) is 46.5 Å². The molecule has 0 saturated heterocycles. The third kappa shape index (κ3) is 4.96. The van der Waals surface area contributed by atoms with Gasteiger partial charge in [-0.1, -0.05) is 73.5 Å². The largest absolute Gasteiger partial charge is 0.449 e. The van der Waals surface area contributed by atoms with Crippen LogP contribution in [0.3, 0.4) is 0 Å². The van der Waals surface area contributed by atoms with Gasteiger partial charge >= 0.3 is 5.97 Å². The summed E-state index contributed by atoms with van der Waals surface area (Å²) in [4.78, 5) is 24.0. The topological polar surface area (TPSA) is 43.4 Å². The van der Waals surface area contributed by atoms with E-state index in [1.807, 2.05) is 60.7 Å². The van der Waals surface area contributed by atoms with E-state index in [0.717, 1.165) is 11.1 Å². The maximum atomic E-state index is 12.7. The summed E-state index contributed by atoms with van der Waals surface area (Å²) < 4.78 is 5.84. The smallest absolute Gasteiger partial charge is 0.339 e. The van der Waals surface area contributed by atoms with Crippen LogP contribution in [0.5, 0.6) is 0 Å². The molecule has 0 fully saturated rings. The minimum atomic E-state index is -0.489. The summed E-state index contributed by atoms with van der Waals surface area (Å²) >= 11 is 0. The summed E-state index contributed by atoms with van der Waals surface area (Å²) in [6, 6.07) is 26.0. The van der Waals surface area contributed by atoms with Crippen molar-refractivity contribution in [1.82, 2.24) is 0 Å². The second-order valence-electron chi connectivity index (χ2n) is 6.21. The van der Waals surface area contributed by atoms with Crippen molar-refractivity contribution in [3.8, 4) is 11.8 Å². The van der Waals surface area contributed by atoms with Crippen LogP contribution in [0.15, 0.2) is 84.9 Å². The van der Waals surface area contributed by atoms with E-state index in [9.17, 15) is 9.59 Å². The van der Waals surface area contributed by atoms with Crippen LogP contribution in [0.25, 0.3) is 0 Å². The minimum absolute atomic E-state index is 0.114. The van der Waals surface area contributed by atoms with E-state index in [-0.39, 0.29) is 5.78 Å². The van der Waals surface area contributed by atoms with Crippen molar-refractivity contribution in [3.05, 3.63) is 107 Å². The third-order valence-corrected chi connectivity index (χ3v) is 4.22. The Hall–Kier alpha value is -3.64. The van der Waals surface area contributed by atoms with Crippen molar-refractivity contribution in [2.24, 2.45) is 0 Å². The first kappa shape index (κ1) is 19.1. The molecular formula is C25H20O3. The van der Waals surface area contributed by atoms with Crippen LogP contribution < -0.4 is 0 Å². The van der Waals surface area contributed by atoms with E-state index in [2.05, 4.69) is 11.8 Å². The number of hydrogen-bond acceptors (Lipinski definition) is 3. The molecule has 3 rings (SSSR count). The van der Waals surface area contributed by atoms with Crippen LogP contribution in [0.4, 0.5) is 0 Å². The number of carbonyl (C=O) groups is 2. The van der Waals surface area contributed by atoms with Gasteiger partial charge in [-0.3, -0.25) is 4.79 Å². The highest BCUT2D eigenvalue weighted by atomic mass is 16.5. The van der Waals surface area contributed by atoms with E-state index >= 15 is 0 Å². The molecule has 0 saturated carbocycles. The number of ketones is 1. The van der Waals surface area contributed by atoms with Crippen molar-refractivity contribution in [2.45, 2.75) is 19.4 Å². The summed E-state index contributed by atoms with van der Waals surface area (Å²) in [5.41, 5.74) is 2.93. The van der Waals surface area contributed by atoms with E-state index in [1.165, 1.54) is 0 Å². The molecule has 0 N–H and O–H groups in total. The molecule has 28 heavy (non-hydrogen) atoms. The second-order valence-corrected chi connectivity index (χ2v) is 6.21. The van der Waals surface area contributed by atoms with E-state index < -0.39 is 12.1 Å². The highest BCUT2D eigenvalue weighted by molar-refractivity contribution is 5.95. The van der Waals surface area contributed by atoms with Crippen LogP contribution in [-0.4, -0.2) is 11.8 Å². The van der Waals surface area contributed by atoms with Crippen LogP contribution in [-0.2, 0) is 9.53 Å². The SMILES string of the molecule is CCC(=O)C#Cc1ccc(C(=O)OC(c2ccccc2)c2ccccc2)cc1. The van der Waals surface area contributed by atoms with Gasteiger partial charge in [0, 0.05) is 12.0 Å². The summed E-state index contributed by atoms with van der Waals surface area (Å²) in [6.45, 7) is 1.77. The summed E-state index contributed by atoms with van der Waals surface area (Å²) in [6.07, 6.45) is -0.103. The molecule has 3 nitrogen and oxygen atoms in total. The number of rotatable bonds is 5. The molecule has 0 radical (unpaired) electrons. The Balaban J connectivity index is 1.80. The molecule has 3 heteroatoms. The number of hydrogen-bond donors (Lipinski definition) is 0. The molecule has 0 amide bonds. The maximum Gasteiger partial charge on any atom is 0.339 e. The van der Waals surface area contributed by atoms with Crippen LogP contribution in [0.2, 0.25) is 0 Å². The average molecular weight is 368 g/mol. The van der Waals surface area contributed by atoms with Gasteiger partial charge in [0.1, 0.15) is 0 Å². The van der Waals surface area contributed by atoms with E-state index in [1.54, 1.807) is 31.2 Å². The molecule has 3 aromatic carbocycles. The monoisotopic (exact) mass is 368 g/mol. The molecule has 0 aliphatic rings. The molecule has 0 aliphatic heterocycles. The first-order valence-corrected chi connectivity index (χ1v) is 9.13. The summed E-state index contributed by atoms with van der Waals surface area (Å²) in [7, 11) is 0. The highest BCUT2D eigenvalue weighted by Crippen LogP contribution is 2.27. The van der Waals surface area contributed by atoms with Crippen molar-refractivity contribution < 1.29 is 14.3 Å². The zero-order chi connectivity index (χ0) is 19.8. The normalized spacial score (nSPS) is 10.1. The molecule has 0 heterocycles. The predicted octanol–water partition coefficient (Wildman–Crippen LogP) is 4.96. The van der Waals surface area contributed by atoms with Gasteiger partial charge in [-0.25, -0.2) is 4.79 Å².